The monoisotopic (exact) mass is 553 g/mol. The Bertz CT molecular complexity index is 1410. The Morgan fingerprint density at radius 2 is 1.81 bits per heavy atom. The highest BCUT2D eigenvalue weighted by Crippen LogP contribution is 2.34. The minimum atomic E-state index is -3.45. The van der Waals surface area contributed by atoms with Gasteiger partial charge in [0.1, 0.15) is 11.2 Å². The van der Waals surface area contributed by atoms with Crippen molar-refractivity contribution in [1.82, 2.24) is 19.2 Å². The van der Waals surface area contributed by atoms with Crippen LogP contribution in [0, 0.1) is 0 Å². The summed E-state index contributed by atoms with van der Waals surface area (Å²) in [5, 5.41) is 11.1. The Morgan fingerprint density at radius 3 is 2.39 bits per heavy atom. The molecule has 1 saturated heterocycles. The number of sulfonamides is 1. The van der Waals surface area contributed by atoms with Gasteiger partial charge in [0.15, 0.2) is 0 Å². The fraction of sp³-hybridized carbons (Fsp3) is 0.417. The molecule has 3 aromatic rings. The summed E-state index contributed by atoms with van der Waals surface area (Å²) < 4.78 is 27.4. The molecule has 9 nitrogen and oxygen atoms in total. The fourth-order valence-corrected chi connectivity index (χ4v) is 5.20. The lowest BCUT2D eigenvalue weighted by Crippen LogP contribution is -2.53. The van der Waals surface area contributed by atoms with Crippen LogP contribution in [0.3, 0.4) is 0 Å². The second kappa shape index (κ2) is 9.83. The van der Waals surface area contributed by atoms with Gasteiger partial charge in [0.05, 0.1) is 28.4 Å². The molecule has 4 rings (SSSR count). The van der Waals surface area contributed by atoms with Crippen LogP contribution in [0.5, 0.6) is 0 Å². The second-order valence-electron chi connectivity index (χ2n) is 9.50. The molecule has 3 heterocycles. The van der Waals surface area contributed by atoms with Crippen molar-refractivity contribution in [3.05, 3.63) is 52.3 Å². The van der Waals surface area contributed by atoms with Crippen LogP contribution >= 0.6 is 23.2 Å². The maximum absolute atomic E-state index is 12.5. The van der Waals surface area contributed by atoms with Crippen LogP contribution in [0.15, 0.2) is 36.5 Å². The normalized spacial score (nSPS) is 15.5. The highest BCUT2D eigenvalue weighted by atomic mass is 35.5. The molecule has 1 aliphatic heterocycles. The van der Waals surface area contributed by atoms with Crippen LogP contribution in [0.2, 0.25) is 10.0 Å². The molecule has 0 saturated carbocycles. The van der Waals surface area contributed by atoms with Gasteiger partial charge in [-0.3, -0.25) is 18.4 Å². The van der Waals surface area contributed by atoms with Gasteiger partial charge in [0, 0.05) is 56.6 Å². The number of carbonyl (C=O) groups is 1. The first-order valence-corrected chi connectivity index (χ1v) is 14.0. The number of amides is 1. The van der Waals surface area contributed by atoms with Crippen molar-refractivity contribution in [2.24, 2.45) is 0 Å². The molecular weight excluding hydrogens is 525 g/mol. The van der Waals surface area contributed by atoms with E-state index in [-0.39, 0.29) is 5.91 Å². The average molecular weight is 555 g/mol. The predicted molar refractivity (Wildman–Crippen MR) is 142 cm³/mol. The van der Waals surface area contributed by atoms with E-state index in [1.54, 1.807) is 35.4 Å². The number of nitrogens with zero attached hydrogens (tertiary/aromatic N) is 5. The third-order valence-corrected chi connectivity index (χ3v) is 8.06. The first-order valence-electron chi connectivity index (χ1n) is 11.4. The molecule has 0 aliphatic carbocycles. The zero-order chi connectivity index (χ0) is 26.4. The summed E-state index contributed by atoms with van der Waals surface area (Å²) in [6, 6.07) is 8.71. The molecule has 0 atom stereocenters. The molecule has 1 amide bonds. The highest BCUT2D eigenvalue weighted by molar-refractivity contribution is 7.92. The molecule has 36 heavy (non-hydrogen) atoms. The fourth-order valence-electron chi connectivity index (χ4n) is 4.22. The van der Waals surface area contributed by atoms with Crippen LogP contribution in [0.25, 0.3) is 16.9 Å². The summed E-state index contributed by atoms with van der Waals surface area (Å²) in [7, 11) is -1.95. The quantitative estimate of drug-likeness (QED) is 0.503. The van der Waals surface area contributed by atoms with E-state index in [9.17, 15) is 18.3 Å². The topological polar surface area (TPSA) is 98.5 Å². The number of benzene rings is 1. The summed E-state index contributed by atoms with van der Waals surface area (Å²) in [4.78, 5) is 21.1. The lowest BCUT2D eigenvalue weighted by molar-refractivity contribution is -0.149. The number of carbonyl (C=O) groups excluding carboxylic acids is 1. The van der Waals surface area contributed by atoms with Gasteiger partial charge in [-0.15, -0.1) is 0 Å². The number of halogens is 2. The molecule has 1 fully saturated rings. The van der Waals surface area contributed by atoms with Crippen LogP contribution in [0.4, 0.5) is 5.69 Å². The number of aliphatic hydroxyl groups is 1. The van der Waals surface area contributed by atoms with Crippen LogP contribution < -0.4 is 4.31 Å². The number of pyridine rings is 1. The average Bonchev–Trinajstić information content (AvgIpc) is 3.14. The van der Waals surface area contributed by atoms with E-state index in [1.165, 1.54) is 25.2 Å². The summed E-state index contributed by atoms with van der Waals surface area (Å²) in [5.41, 5.74) is 1.95. The molecule has 1 N–H and O–H groups in total. The van der Waals surface area contributed by atoms with Gasteiger partial charge in [-0.05, 0) is 44.2 Å². The molecule has 194 valence electrons. The van der Waals surface area contributed by atoms with Crippen molar-refractivity contribution >= 4 is 50.5 Å². The minimum absolute atomic E-state index is 0.293. The predicted octanol–water partition coefficient (Wildman–Crippen LogP) is 3.12. The maximum Gasteiger partial charge on any atom is 0.254 e. The lowest BCUT2D eigenvalue weighted by atomic mass is 10.1. The van der Waals surface area contributed by atoms with Crippen molar-refractivity contribution < 1.29 is 18.3 Å². The maximum atomic E-state index is 12.5. The molecule has 0 radical (unpaired) electrons. The molecule has 12 heteroatoms. The number of anilines is 1. The number of rotatable bonds is 6. The number of hydrogen-bond acceptors (Lipinski definition) is 6. The SMILES string of the molecule is CN(c1ccc2nc(-c3ccc(Cl)cc3Cl)c(CN3CCN(C(=O)C(C)(C)O)CC3)n2c1)S(C)(=O)=O. The first kappa shape index (κ1) is 26.7. The Morgan fingerprint density at radius 1 is 1.14 bits per heavy atom. The lowest BCUT2D eigenvalue weighted by Gasteiger charge is -2.37. The minimum Gasteiger partial charge on any atom is -0.381 e. The molecule has 2 aromatic heterocycles. The summed E-state index contributed by atoms with van der Waals surface area (Å²) >= 11 is 12.7. The highest BCUT2D eigenvalue weighted by Gasteiger charge is 2.32. The van der Waals surface area contributed by atoms with Crippen molar-refractivity contribution in [3.63, 3.8) is 0 Å². The van der Waals surface area contributed by atoms with Crippen LogP contribution in [-0.2, 0) is 21.4 Å². The van der Waals surface area contributed by atoms with E-state index in [0.717, 1.165) is 11.9 Å². The van der Waals surface area contributed by atoms with Crippen molar-refractivity contribution in [2.75, 3.05) is 43.8 Å². The molecule has 1 aliphatic rings. The smallest absolute Gasteiger partial charge is 0.254 e. The van der Waals surface area contributed by atoms with Gasteiger partial charge in [-0.25, -0.2) is 13.4 Å². The summed E-state index contributed by atoms with van der Waals surface area (Å²) in [6.07, 6.45) is 2.90. The van der Waals surface area contributed by atoms with Crippen molar-refractivity contribution in [3.8, 4) is 11.3 Å². The Hall–Kier alpha value is -2.37. The largest absolute Gasteiger partial charge is 0.381 e. The van der Waals surface area contributed by atoms with Crippen LogP contribution in [-0.4, -0.2) is 83.7 Å². The number of fused-ring (bicyclic) bond motifs is 1. The van der Waals surface area contributed by atoms with Gasteiger partial charge in [0.2, 0.25) is 10.0 Å². The van der Waals surface area contributed by atoms with E-state index in [0.29, 0.717) is 65.4 Å². The molecule has 0 unspecified atom stereocenters. The standard InChI is InChI=1S/C24H29Cl2N5O4S/c1-24(2,33)23(32)30-11-9-29(10-12-30)15-20-22(18-7-5-16(25)13-19(18)26)27-21-8-6-17(14-31(20)21)28(3)36(4,34)35/h5-8,13-14,33H,9-12,15H2,1-4H3. The van der Waals surface area contributed by atoms with Crippen molar-refractivity contribution in [1.29, 1.82) is 0 Å². The van der Waals surface area contributed by atoms with Gasteiger partial charge in [0.25, 0.3) is 5.91 Å². The van der Waals surface area contributed by atoms with Crippen LogP contribution in [0.1, 0.15) is 19.5 Å². The Labute approximate surface area is 220 Å². The number of piperazine rings is 1. The number of hydrogen-bond donors (Lipinski definition) is 1. The van der Waals surface area contributed by atoms with Gasteiger partial charge >= 0.3 is 0 Å². The number of imidazole rings is 1. The third kappa shape index (κ3) is 5.47. The summed E-state index contributed by atoms with van der Waals surface area (Å²) in [6.45, 7) is 5.65. The molecule has 0 bridgehead atoms. The second-order valence-corrected chi connectivity index (χ2v) is 12.4. The molecule has 1 aromatic carbocycles. The zero-order valence-corrected chi connectivity index (χ0v) is 22.9. The third-order valence-electron chi connectivity index (χ3n) is 6.31. The van der Waals surface area contributed by atoms with E-state index in [2.05, 4.69) is 4.90 Å². The Kier molecular flexibility index (Phi) is 7.29. The molecule has 0 spiro atoms. The van der Waals surface area contributed by atoms with Gasteiger partial charge in [-0.1, -0.05) is 23.2 Å². The van der Waals surface area contributed by atoms with E-state index < -0.39 is 15.6 Å². The van der Waals surface area contributed by atoms with Crippen molar-refractivity contribution in [2.45, 2.75) is 26.0 Å². The zero-order valence-electron chi connectivity index (χ0n) is 20.6. The Balaban J connectivity index is 1.73. The summed E-state index contributed by atoms with van der Waals surface area (Å²) in [5.74, 6) is -0.293. The van der Waals surface area contributed by atoms with Gasteiger partial charge in [-0.2, -0.15) is 0 Å². The number of aromatic nitrogens is 2. The molecular formula is C24H29Cl2N5O4S. The van der Waals surface area contributed by atoms with E-state index in [1.807, 2.05) is 10.5 Å². The van der Waals surface area contributed by atoms with Gasteiger partial charge < -0.3 is 10.0 Å². The first-order chi connectivity index (χ1) is 16.8. The van der Waals surface area contributed by atoms with E-state index in [4.69, 9.17) is 28.2 Å². The van der Waals surface area contributed by atoms with E-state index >= 15 is 0 Å².